The van der Waals surface area contributed by atoms with E-state index in [2.05, 4.69) is 27.8 Å². The number of benzene rings is 1. The normalized spacial score (nSPS) is 10.6. The van der Waals surface area contributed by atoms with E-state index >= 15 is 0 Å². The van der Waals surface area contributed by atoms with Crippen molar-refractivity contribution < 1.29 is 14.3 Å². The molecule has 7 heteroatoms. The predicted octanol–water partition coefficient (Wildman–Crippen LogP) is 3.77. The third-order valence-corrected chi connectivity index (χ3v) is 4.94. The number of carbonyl (C=O) groups is 1. The average Bonchev–Trinajstić information content (AvgIpc) is 3.21. The molecule has 0 atom stereocenters. The SMILES string of the molecule is CCOc1cc(CNCCc2cccs2)ccc1Oc1ccc(C(N)=O)cn1. The fourth-order valence-electron chi connectivity index (χ4n) is 2.61. The molecule has 0 aliphatic carbocycles. The third kappa shape index (κ3) is 5.55. The van der Waals surface area contributed by atoms with E-state index in [4.69, 9.17) is 15.2 Å². The Morgan fingerprint density at radius 3 is 2.79 bits per heavy atom. The van der Waals surface area contributed by atoms with Crippen molar-refractivity contribution in [1.29, 1.82) is 0 Å². The van der Waals surface area contributed by atoms with Crippen molar-refractivity contribution in [3.05, 3.63) is 70.0 Å². The van der Waals surface area contributed by atoms with Gasteiger partial charge in [-0.3, -0.25) is 4.79 Å². The fourth-order valence-corrected chi connectivity index (χ4v) is 3.32. The van der Waals surface area contributed by atoms with Crippen molar-refractivity contribution in [3.8, 4) is 17.4 Å². The van der Waals surface area contributed by atoms with E-state index < -0.39 is 5.91 Å². The molecule has 0 saturated carbocycles. The zero-order chi connectivity index (χ0) is 19.8. The molecule has 0 saturated heterocycles. The van der Waals surface area contributed by atoms with Crippen molar-refractivity contribution >= 4 is 17.2 Å². The van der Waals surface area contributed by atoms with E-state index in [-0.39, 0.29) is 0 Å². The molecule has 3 rings (SSSR count). The number of nitrogens with one attached hydrogen (secondary N) is 1. The number of rotatable bonds is 10. The quantitative estimate of drug-likeness (QED) is 0.509. The minimum Gasteiger partial charge on any atom is -0.490 e. The van der Waals surface area contributed by atoms with Crippen LogP contribution in [-0.2, 0) is 13.0 Å². The van der Waals surface area contributed by atoms with Gasteiger partial charge >= 0.3 is 0 Å². The molecule has 2 heterocycles. The van der Waals surface area contributed by atoms with Crippen LogP contribution in [0, 0.1) is 0 Å². The Labute approximate surface area is 168 Å². The lowest BCUT2D eigenvalue weighted by molar-refractivity contribution is 0.1000. The van der Waals surface area contributed by atoms with E-state index in [9.17, 15) is 4.79 Å². The van der Waals surface area contributed by atoms with Crippen LogP contribution in [0.4, 0.5) is 0 Å². The number of nitrogens with two attached hydrogens (primary N) is 1. The average molecular weight is 398 g/mol. The van der Waals surface area contributed by atoms with Crippen LogP contribution in [-0.4, -0.2) is 24.0 Å². The number of primary amides is 1. The molecule has 3 aromatic rings. The van der Waals surface area contributed by atoms with Gasteiger partial charge in [0.15, 0.2) is 11.5 Å². The van der Waals surface area contributed by atoms with E-state index in [0.717, 1.165) is 25.1 Å². The van der Waals surface area contributed by atoms with Crippen LogP contribution >= 0.6 is 11.3 Å². The molecule has 28 heavy (non-hydrogen) atoms. The van der Waals surface area contributed by atoms with E-state index in [0.29, 0.717) is 29.5 Å². The van der Waals surface area contributed by atoms with Crippen LogP contribution in [0.3, 0.4) is 0 Å². The largest absolute Gasteiger partial charge is 0.490 e. The number of nitrogens with zero attached hydrogens (tertiary/aromatic N) is 1. The lowest BCUT2D eigenvalue weighted by Gasteiger charge is -2.13. The Balaban J connectivity index is 1.62. The highest BCUT2D eigenvalue weighted by molar-refractivity contribution is 7.09. The van der Waals surface area contributed by atoms with Crippen LogP contribution in [0.2, 0.25) is 0 Å². The number of thiophene rings is 1. The summed E-state index contributed by atoms with van der Waals surface area (Å²) in [7, 11) is 0. The molecule has 3 N–H and O–H groups in total. The summed E-state index contributed by atoms with van der Waals surface area (Å²) in [5.74, 6) is 1.07. The van der Waals surface area contributed by atoms with E-state index in [1.807, 2.05) is 25.1 Å². The van der Waals surface area contributed by atoms with Crippen molar-refractivity contribution in [3.63, 3.8) is 0 Å². The summed E-state index contributed by atoms with van der Waals surface area (Å²) in [6, 6.07) is 13.2. The molecule has 146 valence electrons. The topological polar surface area (TPSA) is 86.5 Å². The second-order valence-electron chi connectivity index (χ2n) is 6.07. The van der Waals surface area contributed by atoms with Gasteiger partial charge in [0.05, 0.1) is 12.2 Å². The summed E-state index contributed by atoms with van der Waals surface area (Å²) in [6.07, 6.45) is 2.41. The van der Waals surface area contributed by atoms with Crippen LogP contribution < -0.4 is 20.5 Å². The van der Waals surface area contributed by atoms with E-state index in [1.54, 1.807) is 23.5 Å². The number of amides is 1. The highest BCUT2D eigenvalue weighted by Crippen LogP contribution is 2.32. The van der Waals surface area contributed by atoms with Gasteiger partial charge in [0, 0.05) is 30.2 Å². The summed E-state index contributed by atoms with van der Waals surface area (Å²) in [4.78, 5) is 16.6. The predicted molar refractivity (Wildman–Crippen MR) is 110 cm³/mol. The van der Waals surface area contributed by atoms with Crippen molar-refractivity contribution in [2.75, 3.05) is 13.2 Å². The monoisotopic (exact) mass is 397 g/mol. The van der Waals surface area contributed by atoms with Crippen molar-refractivity contribution in [2.45, 2.75) is 19.9 Å². The van der Waals surface area contributed by atoms with Gasteiger partial charge in [-0.15, -0.1) is 11.3 Å². The van der Waals surface area contributed by atoms with Crippen LogP contribution in [0.15, 0.2) is 54.0 Å². The third-order valence-electron chi connectivity index (χ3n) is 4.00. The maximum absolute atomic E-state index is 11.1. The first-order valence-corrected chi connectivity index (χ1v) is 9.96. The molecule has 2 aromatic heterocycles. The summed E-state index contributed by atoms with van der Waals surface area (Å²) in [5, 5.41) is 5.55. The number of ether oxygens (including phenoxy) is 2. The Hall–Kier alpha value is -2.90. The van der Waals surface area contributed by atoms with Gasteiger partial charge in [-0.25, -0.2) is 4.98 Å². The summed E-state index contributed by atoms with van der Waals surface area (Å²) < 4.78 is 11.5. The molecular weight excluding hydrogens is 374 g/mol. The van der Waals surface area contributed by atoms with Gasteiger partial charge in [0.2, 0.25) is 11.8 Å². The Kier molecular flexibility index (Phi) is 7.00. The molecule has 0 bridgehead atoms. The first kappa shape index (κ1) is 19.9. The molecule has 6 nitrogen and oxygen atoms in total. The minimum atomic E-state index is -0.523. The highest BCUT2D eigenvalue weighted by atomic mass is 32.1. The number of pyridine rings is 1. The van der Waals surface area contributed by atoms with Crippen LogP contribution in [0.1, 0.15) is 27.7 Å². The van der Waals surface area contributed by atoms with Gasteiger partial charge in [-0.1, -0.05) is 12.1 Å². The van der Waals surface area contributed by atoms with Crippen LogP contribution in [0.5, 0.6) is 17.4 Å². The molecule has 1 aromatic carbocycles. The maximum atomic E-state index is 11.1. The summed E-state index contributed by atoms with van der Waals surface area (Å²) in [5.41, 5.74) is 6.67. The highest BCUT2D eigenvalue weighted by Gasteiger charge is 2.09. The second kappa shape index (κ2) is 9.87. The molecule has 0 aliphatic rings. The smallest absolute Gasteiger partial charge is 0.250 e. The molecule has 0 aliphatic heterocycles. The first-order valence-electron chi connectivity index (χ1n) is 9.08. The van der Waals surface area contributed by atoms with Crippen LogP contribution in [0.25, 0.3) is 0 Å². The molecular formula is C21H23N3O3S. The summed E-state index contributed by atoms with van der Waals surface area (Å²) in [6.45, 7) is 4.12. The number of hydrogen-bond acceptors (Lipinski definition) is 6. The molecule has 0 fully saturated rings. The zero-order valence-electron chi connectivity index (χ0n) is 15.7. The van der Waals surface area contributed by atoms with Gasteiger partial charge in [0.25, 0.3) is 0 Å². The van der Waals surface area contributed by atoms with Gasteiger partial charge < -0.3 is 20.5 Å². The Morgan fingerprint density at radius 2 is 2.11 bits per heavy atom. The van der Waals surface area contributed by atoms with Gasteiger partial charge in [-0.2, -0.15) is 0 Å². The van der Waals surface area contributed by atoms with Crippen molar-refractivity contribution in [1.82, 2.24) is 10.3 Å². The van der Waals surface area contributed by atoms with Crippen molar-refractivity contribution in [2.24, 2.45) is 5.73 Å². The van der Waals surface area contributed by atoms with E-state index in [1.165, 1.54) is 11.1 Å². The maximum Gasteiger partial charge on any atom is 0.250 e. The lowest BCUT2D eigenvalue weighted by atomic mass is 10.2. The van der Waals surface area contributed by atoms with Gasteiger partial charge in [0.1, 0.15) is 0 Å². The molecule has 1 amide bonds. The standard InChI is InChI=1S/C21H23N3O3S/c1-2-26-19-12-15(13-23-10-9-17-4-3-11-28-17)5-7-18(19)27-20-8-6-16(14-24-20)21(22)25/h3-8,11-12,14,23H,2,9-10,13H2,1H3,(H2,22,25). The molecule has 0 radical (unpaired) electrons. The second-order valence-corrected chi connectivity index (χ2v) is 7.10. The molecule has 0 spiro atoms. The molecule has 0 unspecified atom stereocenters. The summed E-state index contributed by atoms with van der Waals surface area (Å²) >= 11 is 1.78. The zero-order valence-corrected chi connectivity index (χ0v) is 16.5. The fraction of sp³-hybridized carbons (Fsp3) is 0.238. The lowest BCUT2D eigenvalue weighted by Crippen LogP contribution is -2.16. The Morgan fingerprint density at radius 1 is 1.21 bits per heavy atom. The minimum absolute atomic E-state index is 0.335. The Bertz CT molecular complexity index is 896. The number of aromatic nitrogens is 1. The number of hydrogen-bond donors (Lipinski definition) is 2. The number of carbonyl (C=O) groups excluding carboxylic acids is 1. The first-order chi connectivity index (χ1) is 13.7. The van der Waals surface area contributed by atoms with Gasteiger partial charge in [-0.05, 0) is 48.6 Å².